The number of nitrogens with zero attached hydrogens (tertiary/aromatic N) is 1. The molecular weight excluding hydrogens is 486 g/mol. The maximum atomic E-state index is 13.4. The molecular formula is C33H37N3O3. The average Bonchev–Trinajstić information content (AvgIpc) is 2.96. The fourth-order valence-electron chi connectivity index (χ4n) is 4.81. The van der Waals surface area contributed by atoms with E-state index in [1.807, 2.05) is 60.7 Å². The van der Waals surface area contributed by atoms with Crippen LogP contribution in [-0.2, 0) is 22.6 Å². The molecule has 6 heteroatoms. The predicted octanol–water partition coefficient (Wildman–Crippen LogP) is 4.89. The van der Waals surface area contributed by atoms with Crippen molar-refractivity contribution in [1.82, 2.24) is 15.5 Å². The van der Waals surface area contributed by atoms with Crippen molar-refractivity contribution in [2.24, 2.45) is 0 Å². The number of likely N-dealkylation sites (tertiary alicyclic amines) is 1. The van der Waals surface area contributed by atoms with Gasteiger partial charge in [0.25, 0.3) is 5.91 Å². The standard InChI is InChI=1S/C33H37N3O3/c1-25(37)34-23-32(38)31(22-27-10-4-2-5-11-27)35-33(39)30-13-7-6-12-29(30)19-18-26-14-16-28(17-15-26)24-36-20-8-3-9-21-36/h2,4-7,10-19,31H,3,8-9,20-24H2,1H3,(H,34,37)(H,35,39)/t31-/m0/s1. The molecule has 0 bridgehead atoms. The SMILES string of the molecule is CC(=O)NCC(=O)[C@H](Cc1ccccc1)NC(=O)c1ccccc1C=Cc1ccc(CN2CCCCC2)cc1. The van der Waals surface area contributed by atoms with Crippen molar-refractivity contribution in [1.29, 1.82) is 0 Å². The summed E-state index contributed by atoms with van der Waals surface area (Å²) in [5.41, 5.74) is 4.54. The fraction of sp³-hybridized carbons (Fsp3) is 0.303. The lowest BCUT2D eigenvalue weighted by atomic mass is 10.00. The summed E-state index contributed by atoms with van der Waals surface area (Å²) in [6, 6.07) is 24.7. The Bertz CT molecular complexity index is 1280. The van der Waals surface area contributed by atoms with Gasteiger partial charge in [-0.15, -0.1) is 0 Å². The van der Waals surface area contributed by atoms with Crippen molar-refractivity contribution in [3.63, 3.8) is 0 Å². The number of hydrogen-bond acceptors (Lipinski definition) is 4. The van der Waals surface area contributed by atoms with Gasteiger partial charge in [0.2, 0.25) is 5.91 Å². The molecule has 0 unspecified atom stereocenters. The molecule has 2 amide bonds. The Morgan fingerprint density at radius 2 is 1.51 bits per heavy atom. The lowest BCUT2D eigenvalue weighted by Gasteiger charge is -2.26. The van der Waals surface area contributed by atoms with Gasteiger partial charge in [-0.25, -0.2) is 0 Å². The summed E-state index contributed by atoms with van der Waals surface area (Å²) in [5, 5.41) is 5.46. The van der Waals surface area contributed by atoms with Crippen LogP contribution in [0.3, 0.4) is 0 Å². The van der Waals surface area contributed by atoms with E-state index in [-0.39, 0.29) is 24.1 Å². The van der Waals surface area contributed by atoms with Crippen LogP contribution in [0, 0.1) is 0 Å². The zero-order valence-electron chi connectivity index (χ0n) is 22.6. The number of hydrogen-bond donors (Lipinski definition) is 2. The number of amides is 2. The predicted molar refractivity (Wildman–Crippen MR) is 156 cm³/mol. The minimum absolute atomic E-state index is 0.136. The van der Waals surface area contributed by atoms with Gasteiger partial charge < -0.3 is 10.6 Å². The number of rotatable bonds is 11. The Kier molecular flexibility index (Phi) is 10.2. The Hall–Kier alpha value is -4.03. The van der Waals surface area contributed by atoms with Crippen LogP contribution in [0.5, 0.6) is 0 Å². The average molecular weight is 524 g/mol. The first-order chi connectivity index (χ1) is 19.0. The van der Waals surface area contributed by atoms with Crippen LogP contribution in [0.25, 0.3) is 12.2 Å². The first-order valence-electron chi connectivity index (χ1n) is 13.7. The van der Waals surface area contributed by atoms with Crippen LogP contribution >= 0.6 is 0 Å². The molecule has 0 spiro atoms. The second kappa shape index (κ2) is 14.2. The van der Waals surface area contributed by atoms with E-state index in [0.29, 0.717) is 12.0 Å². The van der Waals surface area contributed by atoms with Gasteiger partial charge in [-0.1, -0.05) is 91.4 Å². The monoisotopic (exact) mass is 523 g/mol. The highest BCUT2D eigenvalue weighted by Crippen LogP contribution is 2.17. The van der Waals surface area contributed by atoms with Gasteiger partial charge >= 0.3 is 0 Å². The molecule has 1 aliphatic rings. The molecule has 4 rings (SSSR count). The third kappa shape index (κ3) is 8.76. The van der Waals surface area contributed by atoms with Crippen molar-refractivity contribution in [2.75, 3.05) is 19.6 Å². The van der Waals surface area contributed by atoms with Crippen molar-refractivity contribution >= 4 is 29.7 Å². The van der Waals surface area contributed by atoms with E-state index in [1.165, 1.54) is 44.8 Å². The quantitative estimate of drug-likeness (QED) is 0.351. The van der Waals surface area contributed by atoms with Gasteiger partial charge in [0.15, 0.2) is 5.78 Å². The Morgan fingerprint density at radius 1 is 0.821 bits per heavy atom. The molecule has 1 saturated heterocycles. The maximum absolute atomic E-state index is 13.4. The summed E-state index contributed by atoms with van der Waals surface area (Å²) in [5.74, 6) is -0.868. The van der Waals surface area contributed by atoms with E-state index in [0.717, 1.165) is 23.2 Å². The van der Waals surface area contributed by atoms with Crippen LogP contribution < -0.4 is 10.6 Å². The van der Waals surface area contributed by atoms with Gasteiger partial charge in [-0.05, 0) is 60.7 Å². The number of benzene rings is 3. The molecule has 1 atom stereocenters. The van der Waals surface area contributed by atoms with Crippen molar-refractivity contribution in [2.45, 2.75) is 45.2 Å². The number of carbonyl (C=O) groups excluding carboxylic acids is 3. The van der Waals surface area contributed by atoms with Crippen molar-refractivity contribution < 1.29 is 14.4 Å². The second-order valence-corrected chi connectivity index (χ2v) is 10.1. The van der Waals surface area contributed by atoms with Crippen LogP contribution in [0.15, 0.2) is 78.9 Å². The van der Waals surface area contributed by atoms with Crippen molar-refractivity contribution in [3.05, 3.63) is 107 Å². The smallest absolute Gasteiger partial charge is 0.252 e. The summed E-state index contributed by atoms with van der Waals surface area (Å²) in [6.45, 7) is 4.56. The third-order valence-corrected chi connectivity index (χ3v) is 6.98. The molecule has 0 saturated carbocycles. The number of Topliss-reactive ketones (excluding diaryl/α,β-unsaturated/α-hetero) is 1. The van der Waals surface area contributed by atoms with E-state index >= 15 is 0 Å². The summed E-state index contributed by atoms with van der Waals surface area (Å²) >= 11 is 0. The van der Waals surface area contributed by atoms with E-state index in [2.05, 4.69) is 39.8 Å². The molecule has 202 valence electrons. The summed E-state index contributed by atoms with van der Waals surface area (Å²) in [6.07, 6.45) is 8.17. The highest BCUT2D eigenvalue weighted by Gasteiger charge is 2.23. The molecule has 6 nitrogen and oxygen atoms in total. The van der Waals surface area contributed by atoms with Gasteiger partial charge in [0.05, 0.1) is 12.6 Å². The topological polar surface area (TPSA) is 78.5 Å². The summed E-state index contributed by atoms with van der Waals surface area (Å²) < 4.78 is 0. The highest BCUT2D eigenvalue weighted by atomic mass is 16.2. The number of nitrogens with one attached hydrogen (secondary N) is 2. The number of carbonyl (C=O) groups is 3. The van der Waals surface area contributed by atoms with Gasteiger partial charge in [0.1, 0.15) is 0 Å². The molecule has 3 aromatic carbocycles. The van der Waals surface area contributed by atoms with Crippen LogP contribution in [0.1, 0.15) is 58.8 Å². The van der Waals surface area contributed by atoms with E-state index in [1.54, 1.807) is 6.07 Å². The lowest BCUT2D eigenvalue weighted by molar-refractivity contribution is -0.124. The summed E-state index contributed by atoms with van der Waals surface area (Å²) in [4.78, 5) is 40.1. The normalized spacial score (nSPS) is 14.6. The largest absolute Gasteiger partial charge is 0.349 e. The Labute approximate surface area is 231 Å². The molecule has 2 N–H and O–H groups in total. The van der Waals surface area contributed by atoms with Crippen LogP contribution in [0.4, 0.5) is 0 Å². The molecule has 1 aliphatic heterocycles. The summed E-state index contributed by atoms with van der Waals surface area (Å²) in [7, 11) is 0. The molecule has 1 fully saturated rings. The first-order valence-corrected chi connectivity index (χ1v) is 13.7. The zero-order valence-corrected chi connectivity index (χ0v) is 22.6. The van der Waals surface area contributed by atoms with Crippen LogP contribution in [0.2, 0.25) is 0 Å². The fourth-order valence-corrected chi connectivity index (χ4v) is 4.81. The number of piperidine rings is 1. The van der Waals surface area contributed by atoms with Crippen LogP contribution in [-0.4, -0.2) is 48.2 Å². The molecule has 0 aliphatic carbocycles. The van der Waals surface area contributed by atoms with Gasteiger partial charge in [-0.2, -0.15) is 0 Å². The maximum Gasteiger partial charge on any atom is 0.252 e. The number of ketones is 1. The van der Waals surface area contributed by atoms with Gasteiger partial charge in [-0.3, -0.25) is 19.3 Å². The molecule has 1 heterocycles. The molecule has 0 aromatic heterocycles. The molecule has 39 heavy (non-hydrogen) atoms. The molecule has 0 radical (unpaired) electrons. The lowest BCUT2D eigenvalue weighted by Crippen LogP contribution is -2.46. The second-order valence-electron chi connectivity index (χ2n) is 10.1. The minimum atomic E-state index is -0.767. The minimum Gasteiger partial charge on any atom is -0.349 e. The first kappa shape index (κ1) is 28.0. The Balaban J connectivity index is 1.45. The highest BCUT2D eigenvalue weighted by molar-refractivity contribution is 6.01. The zero-order chi connectivity index (χ0) is 27.5. The van der Waals surface area contributed by atoms with Gasteiger partial charge in [0, 0.05) is 19.0 Å². The Morgan fingerprint density at radius 3 is 2.23 bits per heavy atom. The molecule has 3 aromatic rings. The van der Waals surface area contributed by atoms with E-state index in [9.17, 15) is 14.4 Å². The van der Waals surface area contributed by atoms with E-state index < -0.39 is 6.04 Å². The third-order valence-electron chi connectivity index (χ3n) is 6.98. The van der Waals surface area contributed by atoms with E-state index in [4.69, 9.17) is 0 Å². The van der Waals surface area contributed by atoms with Crippen molar-refractivity contribution in [3.8, 4) is 0 Å².